The van der Waals surface area contributed by atoms with Crippen molar-refractivity contribution in [1.82, 2.24) is 0 Å². The summed E-state index contributed by atoms with van der Waals surface area (Å²) in [6, 6.07) is 0. The molecule has 1 nitrogen and oxygen atoms in total. The standard InChI is InChI=1S/C17H26O/c18-15(16-7-1-13(2-8-16)3-9-16)17-10-4-14(5-11-17)6-12-17/h13-14H,1-12H2. The third kappa shape index (κ3) is 1.48. The Hall–Kier alpha value is -0.330. The summed E-state index contributed by atoms with van der Waals surface area (Å²) in [7, 11) is 0. The molecule has 0 aromatic carbocycles. The van der Waals surface area contributed by atoms with Crippen molar-refractivity contribution in [3.05, 3.63) is 0 Å². The van der Waals surface area contributed by atoms with E-state index >= 15 is 0 Å². The summed E-state index contributed by atoms with van der Waals surface area (Å²) in [5.74, 6) is 2.69. The van der Waals surface area contributed by atoms with E-state index in [1.54, 1.807) is 0 Å². The predicted molar refractivity (Wildman–Crippen MR) is 72.3 cm³/mol. The largest absolute Gasteiger partial charge is 0.298 e. The van der Waals surface area contributed by atoms with Gasteiger partial charge in [-0.3, -0.25) is 4.79 Å². The van der Waals surface area contributed by atoms with Crippen molar-refractivity contribution in [2.75, 3.05) is 0 Å². The molecule has 0 aliphatic heterocycles. The van der Waals surface area contributed by atoms with Crippen molar-refractivity contribution in [2.45, 2.75) is 77.0 Å². The van der Waals surface area contributed by atoms with E-state index < -0.39 is 0 Å². The number of carbonyl (C=O) groups excluding carboxylic acids is 1. The maximum atomic E-state index is 13.3. The van der Waals surface area contributed by atoms with Gasteiger partial charge in [0.25, 0.3) is 0 Å². The minimum atomic E-state index is 0.152. The molecule has 0 N–H and O–H groups in total. The van der Waals surface area contributed by atoms with Crippen LogP contribution in [0.25, 0.3) is 0 Å². The summed E-state index contributed by atoms with van der Waals surface area (Å²) in [5.41, 5.74) is 0.303. The van der Waals surface area contributed by atoms with Crippen molar-refractivity contribution >= 4 is 5.78 Å². The highest BCUT2D eigenvalue weighted by Gasteiger charge is 2.55. The molecular formula is C17H26O. The molecule has 0 aromatic heterocycles. The second-order valence-electron chi connectivity index (χ2n) is 7.85. The Kier molecular flexibility index (Phi) is 2.45. The average Bonchev–Trinajstić information content (AvgIpc) is 2.50. The first-order valence-corrected chi connectivity index (χ1v) is 8.27. The van der Waals surface area contributed by atoms with E-state index in [1.165, 1.54) is 77.0 Å². The molecule has 0 amide bonds. The Morgan fingerprint density at radius 2 is 0.889 bits per heavy atom. The molecule has 1 heteroatoms. The van der Waals surface area contributed by atoms with E-state index in [-0.39, 0.29) is 10.8 Å². The van der Waals surface area contributed by atoms with Crippen LogP contribution in [0.15, 0.2) is 0 Å². The Bertz CT molecular complexity index is 292. The molecule has 0 atom stereocenters. The monoisotopic (exact) mass is 246 g/mol. The number of rotatable bonds is 2. The van der Waals surface area contributed by atoms with Crippen molar-refractivity contribution in [2.24, 2.45) is 22.7 Å². The Labute approximate surface area is 111 Å². The van der Waals surface area contributed by atoms with Crippen LogP contribution < -0.4 is 0 Å². The first kappa shape index (κ1) is 11.5. The SMILES string of the molecule is O=C(C12CCC(CC1)CC2)C12CCC(CC1)CC2. The number of carbonyl (C=O) groups is 1. The fraction of sp³-hybridized carbons (Fsp3) is 0.941. The quantitative estimate of drug-likeness (QED) is 0.701. The minimum absolute atomic E-state index is 0.152. The van der Waals surface area contributed by atoms with Crippen LogP contribution in [0.4, 0.5) is 0 Å². The van der Waals surface area contributed by atoms with Gasteiger partial charge in [-0.15, -0.1) is 0 Å². The van der Waals surface area contributed by atoms with Crippen molar-refractivity contribution in [1.29, 1.82) is 0 Å². The fourth-order valence-electron chi connectivity index (χ4n) is 5.74. The van der Waals surface area contributed by atoms with Crippen LogP contribution in [0, 0.1) is 22.7 Å². The van der Waals surface area contributed by atoms with Crippen molar-refractivity contribution < 1.29 is 4.79 Å². The number of ketones is 1. The molecule has 0 heterocycles. The lowest BCUT2D eigenvalue weighted by atomic mass is 9.49. The predicted octanol–water partition coefficient (Wildman–Crippen LogP) is 4.50. The van der Waals surface area contributed by atoms with Crippen LogP contribution >= 0.6 is 0 Å². The summed E-state index contributed by atoms with van der Waals surface area (Å²) in [5, 5.41) is 0. The number of hydrogen-bond acceptors (Lipinski definition) is 1. The summed E-state index contributed by atoms with van der Waals surface area (Å²) >= 11 is 0. The molecule has 0 unspecified atom stereocenters. The second kappa shape index (κ2) is 3.84. The third-order valence-electron chi connectivity index (χ3n) is 7.15. The summed E-state index contributed by atoms with van der Waals surface area (Å²) < 4.78 is 0. The first-order valence-electron chi connectivity index (χ1n) is 8.27. The number of fused-ring (bicyclic) bond motifs is 6. The smallest absolute Gasteiger partial charge is 0.145 e. The topological polar surface area (TPSA) is 17.1 Å². The maximum absolute atomic E-state index is 13.3. The molecule has 6 aliphatic carbocycles. The van der Waals surface area contributed by atoms with Crippen LogP contribution in [0.3, 0.4) is 0 Å². The van der Waals surface area contributed by atoms with Gasteiger partial charge in [0.05, 0.1) is 0 Å². The Balaban J connectivity index is 1.61. The Morgan fingerprint density at radius 3 is 1.17 bits per heavy atom. The minimum Gasteiger partial charge on any atom is -0.298 e. The molecule has 4 bridgehead atoms. The molecule has 18 heavy (non-hydrogen) atoms. The normalized spacial score (nSPS) is 50.4. The van der Waals surface area contributed by atoms with Gasteiger partial charge in [-0.05, 0) is 88.9 Å². The summed E-state index contributed by atoms with van der Waals surface area (Å²) in [6.07, 6.45) is 15.5. The fourth-order valence-corrected chi connectivity index (χ4v) is 5.74. The summed E-state index contributed by atoms with van der Waals surface area (Å²) in [6.45, 7) is 0. The van der Waals surface area contributed by atoms with Gasteiger partial charge in [0.15, 0.2) is 0 Å². The molecule has 6 aliphatic rings. The van der Waals surface area contributed by atoms with Crippen LogP contribution in [-0.4, -0.2) is 5.78 Å². The average molecular weight is 246 g/mol. The molecule has 0 radical (unpaired) electrons. The van der Waals surface area contributed by atoms with Gasteiger partial charge in [-0.25, -0.2) is 0 Å². The van der Waals surface area contributed by atoms with Crippen molar-refractivity contribution in [3.8, 4) is 0 Å². The highest BCUT2D eigenvalue weighted by atomic mass is 16.1. The number of hydrogen-bond donors (Lipinski definition) is 0. The van der Waals surface area contributed by atoms with Crippen LogP contribution in [0.5, 0.6) is 0 Å². The highest BCUT2D eigenvalue weighted by molar-refractivity contribution is 5.91. The van der Waals surface area contributed by atoms with E-state index in [9.17, 15) is 4.79 Å². The van der Waals surface area contributed by atoms with Crippen LogP contribution in [-0.2, 0) is 4.79 Å². The highest BCUT2D eigenvalue weighted by Crippen LogP contribution is 2.59. The van der Waals surface area contributed by atoms with E-state index in [1.807, 2.05) is 0 Å². The molecule has 6 rings (SSSR count). The Morgan fingerprint density at radius 1 is 0.611 bits per heavy atom. The first-order chi connectivity index (χ1) is 8.73. The molecule has 6 saturated carbocycles. The van der Waals surface area contributed by atoms with E-state index in [0.717, 1.165) is 17.6 Å². The molecule has 0 aromatic rings. The van der Waals surface area contributed by atoms with Gasteiger partial charge in [0, 0.05) is 10.8 Å². The lowest BCUT2D eigenvalue weighted by molar-refractivity contribution is -0.151. The lowest BCUT2D eigenvalue weighted by Gasteiger charge is -2.53. The number of Topliss-reactive ketones (excluding diaryl/α,β-unsaturated/α-hetero) is 1. The van der Waals surface area contributed by atoms with E-state index in [4.69, 9.17) is 0 Å². The summed E-state index contributed by atoms with van der Waals surface area (Å²) in [4.78, 5) is 13.3. The van der Waals surface area contributed by atoms with Gasteiger partial charge in [-0.1, -0.05) is 0 Å². The molecule has 0 saturated heterocycles. The van der Waals surface area contributed by atoms with Gasteiger partial charge in [0.1, 0.15) is 5.78 Å². The van der Waals surface area contributed by atoms with E-state index in [2.05, 4.69) is 0 Å². The third-order valence-corrected chi connectivity index (χ3v) is 7.15. The molecule has 6 fully saturated rings. The zero-order valence-electron chi connectivity index (χ0n) is 11.5. The van der Waals surface area contributed by atoms with Crippen LogP contribution in [0.2, 0.25) is 0 Å². The molecular weight excluding hydrogens is 220 g/mol. The van der Waals surface area contributed by atoms with Gasteiger partial charge < -0.3 is 0 Å². The van der Waals surface area contributed by atoms with Gasteiger partial charge in [-0.2, -0.15) is 0 Å². The van der Waals surface area contributed by atoms with E-state index in [0.29, 0.717) is 0 Å². The van der Waals surface area contributed by atoms with Crippen LogP contribution in [0.1, 0.15) is 77.0 Å². The zero-order chi connectivity index (χ0) is 12.2. The molecule has 0 spiro atoms. The lowest BCUT2D eigenvalue weighted by Crippen LogP contribution is -2.51. The van der Waals surface area contributed by atoms with Gasteiger partial charge >= 0.3 is 0 Å². The second-order valence-corrected chi connectivity index (χ2v) is 7.85. The van der Waals surface area contributed by atoms with Crippen molar-refractivity contribution in [3.63, 3.8) is 0 Å². The molecule has 100 valence electrons. The zero-order valence-corrected chi connectivity index (χ0v) is 11.5. The van der Waals surface area contributed by atoms with Gasteiger partial charge in [0.2, 0.25) is 0 Å². The maximum Gasteiger partial charge on any atom is 0.145 e.